The van der Waals surface area contributed by atoms with E-state index in [9.17, 15) is 15.0 Å². The van der Waals surface area contributed by atoms with Gasteiger partial charge in [-0.25, -0.2) is 0 Å². The van der Waals surface area contributed by atoms with Crippen LogP contribution in [0, 0.1) is 11.8 Å². The molecule has 4 atom stereocenters. The predicted octanol–water partition coefficient (Wildman–Crippen LogP) is 1.55. The molecule has 2 aliphatic rings. The standard InChI is InChI=1S/C16H20ClNO4/c1-22-15-6-11(17)2-3-12(15)16(21)18-7-9-4-13(19)14(20)5-10(9)8-18/h2-3,6,9-10,13-14,19-20H,4-5,7-8H2,1H3/t9-,10+,13+,14-. The van der Waals surface area contributed by atoms with Crippen LogP contribution < -0.4 is 4.74 Å². The van der Waals surface area contributed by atoms with E-state index in [2.05, 4.69) is 0 Å². The number of carbonyl (C=O) groups excluding carboxylic acids is 1. The van der Waals surface area contributed by atoms with Gasteiger partial charge in [0.2, 0.25) is 0 Å². The number of hydrogen-bond donors (Lipinski definition) is 2. The second-order valence-corrected chi connectivity index (χ2v) is 6.62. The third-order valence-electron chi connectivity index (χ3n) is 4.79. The van der Waals surface area contributed by atoms with Gasteiger partial charge in [-0.2, -0.15) is 0 Å². The smallest absolute Gasteiger partial charge is 0.257 e. The van der Waals surface area contributed by atoms with E-state index < -0.39 is 12.2 Å². The summed E-state index contributed by atoms with van der Waals surface area (Å²) in [5.74, 6) is 0.876. The van der Waals surface area contributed by atoms with Crippen molar-refractivity contribution >= 4 is 17.5 Å². The summed E-state index contributed by atoms with van der Waals surface area (Å²) in [5.41, 5.74) is 0.492. The van der Waals surface area contributed by atoms with Crippen molar-refractivity contribution in [2.24, 2.45) is 11.8 Å². The van der Waals surface area contributed by atoms with Crippen molar-refractivity contribution in [3.05, 3.63) is 28.8 Å². The third kappa shape index (κ3) is 2.81. The largest absolute Gasteiger partial charge is 0.496 e. The van der Waals surface area contributed by atoms with Gasteiger partial charge in [0.25, 0.3) is 5.91 Å². The molecule has 1 aromatic carbocycles. The number of likely N-dealkylation sites (tertiary alicyclic amines) is 1. The van der Waals surface area contributed by atoms with Crippen molar-refractivity contribution < 1.29 is 19.7 Å². The molecule has 1 aliphatic heterocycles. The molecule has 1 aliphatic carbocycles. The van der Waals surface area contributed by atoms with Crippen LogP contribution in [0.25, 0.3) is 0 Å². The molecular formula is C16H20ClNO4. The van der Waals surface area contributed by atoms with Crippen molar-refractivity contribution in [1.82, 2.24) is 4.90 Å². The van der Waals surface area contributed by atoms with E-state index in [1.807, 2.05) is 0 Å². The number of halogens is 1. The Balaban J connectivity index is 1.77. The molecule has 2 fully saturated rings. The summed E-state index contributed by atoms with van der Waals surface area (Å²) in [7, 11) is 1.51. The maximum atomic E-state index is 12.7. The highest BCUT2D eigenvalue weighted by atomic mass is 35.5. The predicted molar refractivity (Wildman–Crippen MR) is 82.1 cm³/mol. The van der Waals surface area contributed by atoms with Crippen LogP contribution >= 0.6 is 11.6 Å². The summed E-state index contributed by atoms with van der Waals surface area (Å²) in [5, 5.41) is 20.1. The molecule has 0 unspecified atom stereocenters. The fraction of sp³-hybridized carbons (Fsp3) is 0.562. The van der Waals surface area contributed by atoms with Gasteiger partial charge in [0.05, 0.1) is 24.9 Å². The van der Waals surface area contributed by atoms with Crippen LogP contribution in [0.2, 0.25) is 5.02 Å². The lowest BCUT2D eigenvalue weighted by Crippen LogP contribution is -2.38. The number of aliphatic hydroxyl groups excluding tert-OH is 2. The van der Waals surface area contributed by atoms with Crippen LogP contribution in [0.1, 0.15) is 23.2 Å². The molecule has 1 saturated carbocycles. The molecule has 1 saturated heterocycles. The van der Waals surface area contributed by atoms with Crippen molar-refractivity contribution in [1.29, 1.82) is 0 Å². The zero-order valence-corrected chi connectivity index (χ0v) is 13.2. The molecule has 1 amide bonds. The number of amides is 1. The third-order valence-corrected chi connectivity index (χ3v) is 5.03. The van der Waals surface area contributed by atoms with Crippen LogP contribution in [-0.4, -0.2) is 53.4 Å². The molecule has 3 rings (SSSR count). The van der Waals surface area contributed by atoms with E-state index in [4.69, 9.17) is 16.3 Å². The van der Waals surface area contributed by atoms with E-state index >= 15 is 0 Å². The first kappa shape index (κ1) is 15.6. The SMILES string of the molecule is COc1cc(Cl)ccc1C(=O)N1C[C@H]2C[C@H](O)[C@H](O)C[C@H]2C1. The Morgan fingerprint density at radius 2 is 1.82 bits per heavy atom. The molecule has 5 nitrogen and oxygen atoms in total. The van der Waals surface area contributed by atoms with Crippen LogP contribution in [0.3, 0.4) is 0 Å². The van der Waals surface area contributed by atoms with Gasteiger partial charge in [0.15, 0.2) is 0 Å². The molecule has 0 bridgehead atoms. The highest BCUT2D eigenvalue weighted by molar-refractivity contribution is 6.30. The first-order valence-electron chi connectivity index (χ1n) is 7.48. The average Bonchev–Trinajstić information content (AvgIpc) is 2.89. The van der Waals surface area contributed by atoms with E-state index in [1.54, 1.807) is 23.1 Å². The molecule has 0 spiro atoms. The second-order valence-electron chi connectivity index (χ2n) is 6.18. The van der Waals surface area contributed by atoms with Crippen LogP contribution in [-0.2, 0) is 0 Å². The molecule has 0 radical (unpaired) electrons. The van der Waals surface area contributed by atoms with Gasteiger partial charge in [0.1, 0.15) is 5.75 Å². The van der Waals surface area contributed by atoms with Crippen LogP contribution in [0.5, 0.6) is 5.75 Å². The number of methoxy groups -OCH3 is 1. The van der Waals surface area contributed by atoms with Gasteiger partial charge in [0, 0.05) is 18.1 Å². The molecular weight excluding hydrogens is 306 g/mol. The number of rotatable bonds is 2. The Labute approximate surface area is 134 Å². The van der Waals surface area contributed by atoms with Crippen LogP contribution in [0.4, 0.5) is 0 Å². The van der Waals surface area contributed by atoms with Crippen molar-refractivity contribution in [2.75, 3.05) is 20.2 Å². The summed E-state index contributed by atoms with van der Waals surface area (Å²) in [6, 6.07) is 4.98. The number of nitrogens with zero attached hydrogens (tertiary/aromatic N) is 1. The van der Waals surface area contributed by atoms with Crippen molar-refractivity contribution in [3.8, 4) is 5.75 Å². The fourth-order valence-electron chi connectivity index (χ4n) is 3.59. The Bertz CT molecular complexity index is 561. The monoisotopic (exact) mass is 325 g/mol. The topological polar surface area (TPSA) is 70.0 Å². The van der Waals surface area contributed by atoms with Gasteiger partial charge in [-0.3, -0.25) is 4.79 Å². The summed E-state index contributed by atoms with van der Waals surface area (Å²) in [6.45, 7) is 1.22. The number of carbonyl (C=O) groups is 1. The number of ether oxygens (including phenoxy) is 1. The molecule has 1 heterocycles. The minimum atomic E-state index is -0.679. The number of hydrogen-bond acceptors (Lipinski definition) is 4. The minimum Gasteiger partial charge on any atom is -0.496 e. The Morgan fingerprint density at radius 1 is 1.23 bits per heavy atom. The summed E-state index contributed by atoms with van der Waals surface area (Å²) in [4.78, 5) is 14.5. The Hall–Kier alpha value is -1.30. The van der Waals surface area contributed by atoms with Crippen molar-refractivity contribution in [2.45, 2.75) is 25.0 Å². The number of fused-ring (bicyclic) bond motifs is 1. The van der Waals surface area contributed by atoms with Gasteiger partial charge < -0.3 is 19.8 Å². The van der Waals surface area contributed by atoms with Gasteiger partial charge >= 0.3 is 0 Å². The quantitative estimate of drug-likeness (QED) is 0.865. The van der Waals surface area contributed by atoms with Gasteiger partial charge in [-0.15, -0.1) is 0 Å². The normalized spacial score (nSPS) is 31.0. The maximum absolute atomic E-state index is 12.7. The van der Waals surface area contributed by atoms with E-state index in [0.29, 0.717) is 42.3 Å². The zero-order valence-electron chi connectivity index (χ0n) is 12.4. The summed E-state index contributed by atoms with van der Waals surface area (Å²) in [6.07, 6.45) is -0.261. The number of aliphatic hydroxyl groups is 2. The lowest BCUT2D eigenvalue weighted by molar-refractivity contribution is -0.0372. The van der Waals surface area contributed by atoms with Crippen molar-refractivity contribution in [3.63, 3.8) is 0 Å². The minimum absolute atomic E-state index is 0.0908. The molecule has 6 heteroatoms. The Morgan fingerprint density at radius 3 is 2.36 bits per heavy atom. The highest BCUT2D eigenvalue weighted by Crippen LogP contribution is 2.37. The van der Waals surface area contributed by atoms with E-state index in [1.165, 1.54) is 7.11 Å². The molecule has 22 heavy (non-hydrogen) atoms. The van der Waals surface area contributed by atoms with Gasteiger partial charge in [-0.1, -0.05) is 11.6 Å². The zero-order chi connectivity index (χ0) is 15.9. The molecule has 0 aromatic heterocycles. The first-order valence-corrected chi connectivity index (χ1v) is 7.86. The average molecular weight is 326 g/mol. The lowest BCUT2D eigenvalue weighted by atomic mass is 9.79. The van der Waals surface area contributed by atoms with E-state index in [-0.39, 0.29) is 17.7 Å². The number of benzene rings is 1. The second kappa shape index (κ2) is 6.07. The molecule has 1 aromatic rings. The summed E-state index contributed by atoms with van der Waals surface area (Å²) < 4.78 is 5.25. The lowest BCUT2D eigenvalue weighted by Gasteiger charge is -2.31. The van der Waals surface area contributed by atoms with E-state index in [0.717, 1.165) is 0 Å². The highest BCUT2D eigenvalue weighted by Gasteiger charge is 2.42. The Kier molecular flexibility index (Phi) is 4.30. The molecule has 120 valence electrons. The molecule has 2 N–H and O–H groups in total. The fourth-order valence-corrected chi connectivity index (χ4v) is 3.75. The summed E-state index contributed by atoms with van der Waals surface area (Å²) >= 11 is 5.93. The van der Waals surface area contributed by atoms with Crippen LogP contribution in [0.15, 0.2) is 18.2 Å². The first-order chi connectivity index (χ1) is 10.5. The van der Waals surface area contributed by atoms with Gasteiger partial charge in [-0.05, 0) is 42.9 Å². The maximum Gasteiger partial charge on any atom is 0.257 e.